The number of anilines is 1. The highest BCUT2D eigenvalue weighted by Crippen LogP contribution is 2.41. The first-order valence-corrected chi connectivity index (χ1v) is 19.4. The summed E-state index contributed by atoms with van der Waals surface area (Å²) in [4.78, 5) is 17.8. The molecule has 2 saturated carbocycles. The highest BCUT2D eigenvalue weighted by atomic mass is 28.3. The molecule has 1 amide bonds. The van der Waals surface area contributed by atoms with Crippen LogP contribution in [0.2, 0.25) is 25.7 Å². The van der Waals surface area contributed by atoms with Crippen molar-refractivity contribution in [1.29, 1.82) is 0 Å². The quantitative estimate of drug-likeness (QED) is 0.154. The summed E-state index contributed by atoms with van der Waals surface area (Å²) < 4.78 is 36.4. The molecular formula is C32H49F2N5O2Si. The topological polar surface area (TPSA) is 95.1 Å². The van der Waals surface area contributed by atoms with E-state index in [2.05, 4.69) is 35.0 Å². The van der Waals surface area contributed by atoms with Gasteiger partial charge in [-0.2, -0.15) is 5.10 Å². The first kappa shape index (κ1) is 32.3. The maximum absolute atomic E-state index is 14.4. The summed E-state index contributed by atoms with van der Waals surface area (Å²) in [5, 5.41) is 7.31. The number of hydrogen-bond acceptors (Lipinski definition) is 5. The van der Waals surface area contributed by atoms with Gasteiger partial charge in [-0.3, -0.25) is 4.79 Å². The number of nitrogens with two attached hydrogens (primary N) is 1. The van der Waals surface area contributed by atoms with Gasteiger partial charge in [-0.15, -0.1) is 0 Å². The van der Waals surface area contributed by atoms with Gasteiger partial charge in [0.05, 0.1) is 11.4 Å². The third-order valence-corrected chi connectivity index (χ3v) is 10.6. The first-order chi connectivity index (χ1) is 20.0. The summed E-state index contributed by atoms with van der Waals surface area (Å²) >= 11 is 0. The molecule has 2 aromatic rings. The van der Waals surface area contributed by atoms with Gasteiger partial charge in [0, 0.05) is 43.3 Å². The molecular weight excluding hydrogens is 552 g/mol. The van der Waals surface area contributed by atoms with Gasteiger partial charge >= 0.3 is 0 Å². The van der Waals surface area contributed by atoms with Gasteiger partial charge in [-0.25, -0.2) is 18.4 Å². The molecule has 10 heteroatoms. The molecule has 3 N–H and O–H groups in total. The molecule has 2 fully saturated rings. The Morgan fingerprint density at radius 3 is 2.21 bits per heavy atom. The Balaban J connectivity index is 1.57. The van der Waals surface area contributed by atoms with Crippen molar-refractivity contribution < 1.29 is 18.3 Å². The summed E-state index contributed by atoms with van der Waals surface area (Å²) in [6.07, 6.45) is 9.90. The molecule has 232 valence electrons. The number of nitrogens with zero attached hydrogens (tertiary/aromatic N) is 3. The van der Waals surface area contributed by atoms with Crippen LogP contribution in [0.15, 0.2) is 23.5 Å². The summed E-state index contributed by atoms with van der Waals surface area (Å²) in [7, 11) is -1.22. The normalized spacial score (nSPS) is 17.0. The van der Waals surface area contributed by atoms with Crippen LogP contribution in [-0.4, -0.2) is 35.4 Å². The number of aryl methyl sites for hydroxylation is 1. The largest absolute Gasteiger partial charge is 0.394 e. The molecule has 42 heavy (non-hydrogen) atoms. The number of halogens is 2. The smallest absolute Gasteiger partial charge is 0.272 e. The van der Waals surface area contributed by atoms with E-state index in [-0.39, 0.29) is 23.8 Å². The van der Waals surface area contributed by atoms with Crippen molar-refractivity contribution in [3.05, 3.63) is 40.5 Å². The van der Waals surface area contributed by atoms with Crippen LogP contribution in [0.4, 0.5) is 14.6 Å². The Labute approximate surface area is 250 Å². The monoisotopic (exact) mass is 601 g/mol. The fourth-order valence-electron chi connectivity index (χ4n) is 6.59. The van der Waals surface area contributed by atoms with Gasteiger partial charge in [0.1, 0.15) is 12.5 Å². The highest BCUT2D eigenvalue weighted by Gasteiger charge is 2.30. The van der Waals surface area contributed by atoms with Gasteiger partial charge in [-0.1, -0.05) is 58.2 Å². The van der Waals surface area contributed by atoms with Crippen LogP contribution in [0.25, 0.3) is 11.1 Å². The molecule has 7 nitrogen and oxygen atoms in total. The standard InChI is InChI=1S/C32H49F2N5O2Si/c1-21-28(22(2)39(38-21)20-41-16-17-42(3,4)5)26-19-36-27(18-25(26)31(33)34)37-32(40)30(35)29(23-12-8-6-9-13-23)24-14-10-7-11-15-24/h18-19,23-24,31H,6-17,20,35H2,1-5H3,(H,36,37,40). The summed E-state index contributed by atoms with van der Waals surface area (Å²) in [5.74, 6) is 0.270. The van der Waals surface area contributed by atoms with Crippen LogP contribution >= 0.6 is 0 Å². The molecule has 2 aliphatic carbocycles. The molecule has 4 rings (SSSR count). The molecule has 0 saturated heterocycles. The Hall–Kier alpha value is -2.59. The molecule has 0 atom stereocenters. The number of amides is 1. The van der Waals surface area contributed by atoms with E-state index < -0.39 is 20.4 Å². The van der Waals surface area contributed by atoms with Crippen LogP contribution in [0, 0.1) is 25.7 Å². The first-order valence-electron chi connectivity index (χ1n) is 15.7. The average Bonchev–Trinajstić information content (AvgIpc) is 3.24. The number of ether oxygens (including phenoxy) is 1. The van der Waals surface area contributed by atoms with Crippen LogP contribution in [0.5, 0.6) is 0 Å². The SMILES string of the molecule is Cc1nn(COCC[Si](C)(C)C)c(C)c1-c1cnc(NC(=O)C(N)=C(C2CCCCC2)C2CCCCC2)cc1C(F)F. The van der Waals surface area contributed by atoms with Crippen molar-refractivity contribution in [2.24, 2.45) is 17.6 Å². The van der Waals surface area contributed by atoms with E-state index in [1.54, 1.807) is 11.6 Å². The molecule has 2 heterocycles. The summed E-state index contributed by atoms with van der Waals surface area (Å²) in [6, 6.07) is 2.31. The Morgan fingerprint density at radius 2 is 1.67 bits per heavy atom. The molecule has 0 unspecified atom stereocenters. The number of nitrogens with one attached hydrogen (secondary N) is 1. The van der Waals surface area contributed by atoms with Crippen LogP contribution < -0.4 is 11.1 Å². The van der Waals surface area contributed by atoms with Gasteiger partial charge in [0.2, 0.25) is 0 Å². The molecule has 0 radical (unpaired) electrons. The van der Waals surface area contributed by atoms with Gasteiger partial charge in [-0.05, 0) is 69.1 Å². The fourth-order valence-corrected chi connectivity index (χ4v) is 7.34. The van der Waals surface area contributed by atoms with E-state index in [9.17, 15) is 13.6 Å². The van der Waals surface area contributed by atoms with Gasteiger partial charge in [0.25, 0.3) is 12.3 Å². The van der Waals surface area contributed by atoms with Crippen molar-refractivity contribution >= 4 is 19.8 Å². The zero-order valence-electron chi connectivity index (χ0n) is 26.1. The maximum Gasteiger partial charge on any atom is 0.272 e. The van der Waals surface area contributed by atoms with Crippen LogP contribution in [0.1, 0.15) is 87.6 Å². The lowest BCUT2D eigenvalue weighted by Gasteiger charge is -2.33. The third kappa shape index (κ3) is 8.07. The highest BCUT2D eigenvalue weighted by molar-refractivity contribution is 6.76. The minimum absolute atomic E-state index is 0.0750. The maximum atomic E-state index is 14.4. The number of alkyl halides is 2. The second-order valence-corrected chi connectivity index (χ2v) is 19.0. The van der Waals surface area contributed by atoms with Crippen molar-refractivity contribution in [3.63, 3.8) is 0 Å². The third-order valence-electron chi connectivity index (χ3n) is 8.92. The molecule has 0 aromatic carbocycles. The van der Waals surface area contributed by atoms with E-state index in [0.29, 0.717) is 35.3 Å². The molecule has 0 spiro atoms. The zero-order valence-corrected chi connectivity index (χ0v) is 27.1. The van der Waals surface area contributed by atoms with Crippen molar-refractivity contribution in [2.45, 2.75) is 117 Å². The number of aromatic nitrogens is 3. The number of carbonyl (C=O) groups is 1. The van der Waals surface area contributed by atoms with E-state index in [4.69, 9.17) is 10.5 Å². The summed E-state index contributed by atoms with van der Waals surface area (Å²) in [6.45, 7) is 11.4. The minimum Gasteiger partial charge on any atom is -0.394 e. The lowest BCUT2D eigenvalue weighted by atomic mass is 9.73. The predicted molar refractivity (Wildman–Crippen MR) is 167 cm³/mol. The average molecular weight is 602 g/mol. The Bertz CT molecular complexity index is 1240. The van der Waals surface area contributed by atoms with Crippen molar-refractivity contribution in [1.82, 2.24) is 14.8 Å². The van der Waals surface area contributed by atoms with Gasteiger partial charge < -0.3 is 15.8 Å². The Kier molecular flexibility index (Phi) is 11.0. The second kappa shape index (κ2) is 14.3. The molecule has 0 bridgehead atoms. The van der Waals surface area contributed by atoms with Crippen molar-refractivity contribution in [2.75, 3.05) is 11.9 Å². The van der Waals surface area contributed by atoms with E-state index in [1.165, 1.54) is 25.1 Å². The van der Waals surface area contributed by atoms with E-state index in [1.807, 2.05) is 6.92 Å². The number of pyridine rings is 1. The lowest BCUT2D eigenvalue weighted by molar-refractivity contribution is -0.113. The lowest BCUT2D eigenvalue weighted by Crippen LogP contribution is -2.29. The fraction of sp³-hybridized carbons (Fsp3) is 0.656. The number of allylic oxidation sites excluding steroid dienone is 1. The predicted octanol–water partition coefficient (Wildman–Crippen LogP) is 8.12. The summed E-state index contributed by atoms with van der Waals surface area (Å²) in [5.41, 5.74) is 9.99. The number of carbonyl (C=O) groups excluding carboxylic acids is 1. The van der Waals surface area contributed by atoms with E-state index >= 15 is 0 Å². The molecule has 2 aromatic heterocycles. The van der Waals surface area contributed by atoms with E-state index in [0.717, 1.165) is 68.7 Å². The number of hydrogen-bond donors (Lipinski definition) is 2. The number of rotatable bonds is 11. The minimum atomic E-state index is -2.76. The zero-order chi connectivity index (χ0) is 30.4. The molecule has 2 aliphatic rings. The molecule has 0 aliphatic heterocycles. The van der Waals surface area contributed by atoms with Crippen LogP contribution in [-0.2, 0) is 16.3 Å². The second-order valence-electron chi connectivity index (χ2n) is 13.3. The Morgan fingerprint density at radius 1 is 1.07 bits per heavy atom. The van der Waals surface area contributed by atoms with Crippen molar-refractivity contribution in [3.8, 4) is 11.1 Å². The van der Waals surface area contributed by atoms with Crippen LogP contribution in [0.3, 0.4) is 0 Å². The van der Waals surface area contributed by atoms with Gasteiger partial charge in [0.15, 0.2) is 0 Å².